The molecule has 0 aliphatic carbocycles. The van der Waals surface area contributed by atoms with Gasteiger partial charge < -0.3 is 4.40 Å². The fourth-order valence-corrected chi connectivity index (χ4v) is 4.60. The second-order valence-electron chi connectivity index (χ2n) is 7.21. The summed E-state index contributed by atoms with van der Waals surface area (Å²) in [5.74, 6) is -0.0683. The van der Waals surface area contributed by atoms with E-state index < -0.39 is 26.5 Å². The van der Waals surface area contributed by atoms with Crippen LogP contribution < -0.4 is 0 Å². The SMILES string of the molecule is O=C(CCc1ccc(S(=O)(=O)c2cccc(C(F)(F)F)c2)cc1)c1ccc2nccn2c1. The minimum Gasteiger partial charge on any atom is -0.306 e. The Bertz CT molecular complexity index is 1390. The Morgan fingerprint density at radius 3 is 2.44 bits per heavy atom. The summed E-state index contributed by atoms with van der Waals surface area (Å²) in [6.45, 7) is 0. The highest BCUT2D eigenvalue weighted by atomic mass is 32.2. The first kappa shape index (κ1) is 21.8. The smallest absolute Gasteiger partial charge is 0.306 e. The number of fused-ring (bicyclic) bond motifs is 1. The van der Waals surface area contributed by atoms with E-state index >= 15 is 0 Å². The maximum absolute atomic E-state index is 12.9. The third-order valence-corrected chi connectivity index (χ3v) is 6.82. The topological polar surface area (TPSA) is 68.5 Å². The standard InChI is InChI=1S/C23H17F3N2O3S/c24-23(25,26)18-2-1-3-20(14-18)32(30,31)19-8-4-16(5-9-19)6-10-21(29)17-7-11-22-27-12-13-28(22)15-17/h1-5,7-9,11-15H,6,10H2. The lowest BCUT2D eigenvalue weighted by Crippen LogP contribution is -2.08. The van der Waals surface area contributed by atoms with Gasteiger partial charge in [-0.25, -0.2) is 13.4 Å². The third-order valence-electron chi connectivity index (χ3n) is 5.06. The van der Waals surface area contributed by atoms with Crippen molar-refractivity contribution < 1.29 is 26.4 Å². The Balaban J connectivity index is 1.47. The van der Waals surface area contributed by atoms with Gasteiger partial charge in [0, 0.05) is 30.6 Å². The summed E-state index contributed by atoms with van der Waals surface area (Å²) in [6, 6.07) is 12.9. The molecule has 0 unspecified atom stereocenters. The maximum Gasteiger partial charge on any atom is 0.416 e. The van der Waals surface area contributed by atoms with Crippen molar-refractivity contribution in [3.8, 4) is 0 Å². The molecule has 0 bridgehead atoms. The molecule has 2 aromatic heterocycles. The number of hydrogen-bond donors (Lipinski definition) is 0. The molecular weight excluding hydrogens is 441 g/mol. The molecule has 0 spiro atoms. The van der Waals surface area contributed by atoms with Crippen LogP contribution in [0, 0.1) is 0 Å². The fraction of sp³-hybridized carbons (Fsp3) is 0.130. The molecule has 2 aromatic carbocycles. The number of aryl methyl sites for hydroxylation is 1. The molecule has 0 aliphatic rings. The van der Waals surface area contributed by atoms with E-state index in [4.69, 9.17) is 0 Å². The number of benzene rings is 2. The molecule has 0 aliphatic heterocycles. The first-order valence-electron chi connectivity index (χ1n) is 9.62. The predicted octanol–water partition coefficient (Wildman–Crippen LogP) is 5.00. The van der Waals surface area contributed by atoms with Crippen LogP contribution in [-0.2, 0) is 22.4 Å². The van der Waals surface area contributed by atoms with Crippen molar-refractivity contribution in [1.82, 2.24) is 9.38 Å². The largest absolute Gasteiger partial charge is 0.416 e. The number of alkyl halides is 3. The molecule has 0 fully saturated rings. The van der Waals surface area contributed by atoms with Crippen molar-refractivity contribution in [2.24, 2.45) is 0 Å². The maximum atomic E-state index is 12.9. The van der Waals surface area contributed by atoms with Gasteiger partial charge in [0.15, 0.2) is 5.78 Å². The van der Waals surface area contributed by atoms with Gasteiger partial charge >= 0.3 is 6.18 Å². The summed E-state index contributed by atoms with van der Waals surface area (Å²) < 4.78 is 66.0. The molecule has 164 valence electrons. The zero-order valence-corrected chi connectivity index (χ0v) is 17.4. The average molecular weight is 458 g/mol. The number of imidazole rings is 1. The van der Waals surface area contributed by atoms with Crippen LogP contribution in [0.2, 0.25) is 0 Å². The summed E-state index contributed by atoms with van der Waals surface area (Å²) in [5.41, 5.74) is 0.992. The van der Waals surface area contributed by atoms with Gasteiger partial charge in [-0.1, -0.05) is 18.2 Å². The van der Waals surface area contributed by atoms with Crippen LogP contribution in [0.4, 0.5) is 13.2 Å². The van der Waals surface area contributed by atoms with Crippen LogP contribution in [0.1, 0.15) is 27.9 Å². The molecule has 9 heteroatoms. The lowest BCUT2D eigenvalue weighted by Gasteiger charge is -2.10. The molecule has 0 saturated heterocycles. The average Bonchev–Trinajstić information content (AvgIpc) is 3.25. The predicted molar refractivity (Wildman–Crippen MR) is 111 cm³/mol. The van der Waals surface area contributed by atoms with Gasteiger partial charge in [0.2, 0.25) is 9.84 Å². The summed E-state index contributed by atoms with van der Waals surface area (Å²) in [6.07, 6.45) is 1.07. The zero-order valence-electron chi connectivity index (χ0n) is 16.6. The summed E-state index contributed by atoms with van der Waals surface area (Å²) in [4.78, 5) is 16.1. The van der Waals surface area contributed by atoms with Crippen LogP contribution >= 0.6 is 0 Å². The quantitative estimate of drug-likeness (QED) is 0.381. The van der Waals surface area contributed by atoms with Crippen LogP contribution in [0.3, 0.4) is 0 Å². The minimum atomic E-state index is -4.63. The van der Waals surface area contributed by atoms with Crippen molar-refractivity contribution in [3.63, 3.8) is 0 Å². The fourth-order valence-electron chi connectivity index (χ4n) is 3.30. The number of nitrogens with zero attached hydrogens (tertiary/aromatic N) is 2. The molecule has 0 N–H and O–H groups in total. The van der Waals surface area contributed by atoms with Gasteiger partial charge in [0.1, 0.15) is 5.65 Å². The number of aromatic nitrogens is 2. The number of hydrogen-bond acceptors (Lipinski definition) is 4. The summed E-state index contributed by atoms with van der Waals surface area (Å²) in [7, 11) is -4.10. The Morgan fingerprint density at radius 2 is 1.72 bits per heavy atom. The Morgan fingerprint density at radius 1 is 0.969 bits per heavy atom. The van der Waals surface area contributed by atoms with Gasteiger partial charge in [-0.2, -0.15) is 13.2 Å². The second-order valence-corrected chi connectivity index (χ2v) is 9.16. The first-order chi connectivity index (χ1) is 15.1. The van der Waals surface area contributed by atoms with Gasteiger partial charge in [0.25, 0.3) is 0 Å². The molecule has 0 amide bonds. The minimum absolute atomic E-state index is 0.0683. The van der Waals surface area contributed by atoms with E-state index in [1.54, 1.807) is 47.3 Å². The monoisotopic (exact) mass is 458 g/mol. The van der Waals surface area contributed by atoms with E-state index in [0.29, 0.717) is 18.1 Å². The third kappa shape index (κ3) is 4.43. The number of pyridine rings is 1. The van der Waals surface area contributed by atoms with Crippen molar-refractivity contribution in [1.29, 1.82) is 0 Å². The molecule has 4 rings (SSSR count). The number of ketones is 1. The van der Waals surface area contributed by atoms with Crippen molar-refractivity contribution >= 4 is 21.3 Å². The lowest BCUT2D eigenvalue weighted by atomic mass is 10.0. The molecule has 32 heavy (non-hydrogen) atoms. The van der Waals surface area contributed by atoms with E-state index in [2.05, 4.69) is 4.98 Å². The highest BCUT2D eigenvalue weighted by Crippen LogP contribution is 2.32. The number of halogens is 3. The van der Waals surface area contributed by atoms with Gasteiger partial charge in [-0.15, -0.1) is 0 Å². The van der Waals surface area contributed by atoms with E-state index in [1.807, 2.05) is 0 Å². The van der Waals surface area contributed by atoms with E-state index in [-0.39, 0.29) is 17.1 Å². The summed E-state index contributed by atoms with van der Waals surface area (Å²) >= 11 is 0. The number of carbonyl (C=O) groups excluding carboxylic acids is 1. The van der Waals surface area contributed by atoms with Crippen molar-refractivity contribution in [3.05, 3.63) is 95.9 Å². The molecular formula is C23H17F3N2O3S. The van der Waals surface area contributed by atoms with Gasteiger partial charge in [-0.3, -0.25) is 4.79 Å². The summed E-state index contributed by atoms with van der Waals surface area (Å²) in [5, 5.41) is 0. The first-order valence-corrected chi connectivity index (χ1v) is 11.1. The van der Waals surface area contributed by atoms with Crippen molar-refractivity contribution in [2.45, 2.75) is 28.8 Å². The molecule has 0 saturated carbocycles. The molecule has 4 aromatic rings. The molecule has 5 nitrogen and oxygen atoms in total. The molecule has 0 radical (unpaired) electrons. The zero-order chi connectivity index (χ0) is 22.9. The van der Waals surface area contributed by atoms with Crippen LogP contribution in [-0.4, -0.2) is 23.6 Å². The van der Waals surface area contributed by atoms with E-state index in [1.165, 1.54) is 12.1 Å². The van der Waals surface area contributed by atoms with E-state index in [9.17, 15) is 26.4 Å². The number of carbonyl (C=O) groups is 1. The normalized spacial score (nSPS) is 12.2. The number of sulfone groups is 1. The highest BCUT2D eigenvalue weighted by Gasteiger charge is 2.32. The van der Waals surface area contributed by atoms with Gasteiger partial charge in [0.05, 0.1) is 15.4 Å². The Kier molecular flexibility index (Phi) is 5.60. The number of rotatable bonds is 6. The van der Waals surface area contributed by atoms with Crippen LogP contribution in [0.25, 0.3) is 5.65 Å². The molecule has 2 heterocycles. The second kappa shape index (κ2) is 8.23. The van der Waals surface area contributed by atoms with Crippen LogP contribution in [0.5, 0.6) is 0 Å². The van der Waals surface area contributed by atoms with Gasteiger partial charge in [-0.05, 0) is 54.4 Å². The van der Waals surface area contributed by atoms with Crippen molar-refractivity contribution in [2.75, 3.05) is 0 Å². The van der Waals surface area contributed by atoms with E-state index in [0.717, 1.165) is 29.4 Å². The Hall–Kier alpha value is -3.46. The Labute approximate surface area is 182 Å². The number of Topliss-reactive ketones (excluding diaryl/α,β-unsaturated/α-hetero) is 1. The highest BCUT2D eigenvalue weighted by molar-refractivity contribution is 7.91. The molecule has 0 atom stereocenters. The van der Waals surface area contributed by atoms with Crippen LogP contribution in [0.15, 0.2) is 89.0 Å². The lowest BCUT2D eigenvalue weighted by molar-refractivity contribution is -0.137.